The number of likely N-dealkylation sites (tertiary alicyclic amines) is 2. The van der Waals surface area contributed by atoms with Gasteiger partial charge < -0.3 is 9.80 Å². The molecule has 0 unspecified atom stereocenters. The molecule has 2 aliphatic rings. The molecule has 2 fully saturated rings. The first kappa shape index (κ1) is 36.5. The molecule has 4 N–H and O–H groups in total. The van der Waals surface area contributed by atoms with Crippen LogP contribution < -0.4 is 11.0 Å². The molecule has 6 rings (SSSR count). The third-order valence-electron chi connectivity index (χ3n) is 10.1. The van der Waals surface area contributed by atoms with Crippen LogP contribution in [-0.4, -0.2) is 70.0 Å². The minimum Gasteiger partial charge on any atom is -0.339 e. The molecule has 2 aliphatic heterocycles. The fraction of sp³-hybridized carbons (Fsp3) is 0.400. The molecule has 0 bridgehead atoms. The van der Waals surface area contributed by atoms with Crippen LogP contribution in [-0.2, 0) is 9.59 Å². The van der Waals surface area contributed by atoms with E-state index in [-0.39, 0.29) is 23.6 Å². The summed E-state index contributed by atoms with van der Waals surface area (Å²) in [6, 6.07) is 27.8. The predicted molar refractivity (Wildman–Crippen MR) is 193 cm³/mol. The summed E-state index contributed by atoms with van der Waals surface area (Å²) in [5.41, 5.74) is 4.85. The third kappa shape index (κ3) is 9.89. The molecule has 0 saturated carbocycles. The van der Waals surface area contributed by atoms with Crippen LogP contribution in [0.15, 0.2) is 84.9 Å². The van der Waals surface area contributed by atoms with Crippen molar-refractivity contribution in [3.05, 3.63) is 96.1 Å². The van der Waals surface area contributed by atoms with E-state index in [0.717, 1.165) is 110 Å². The average Bonchev–Trinajstić information content (AvgIpc) is 3.17. The molecule has 2 heterocycles. The van der Waals surface area contributed by atoms with Crippen LogP contribution in [0.5, 0.6) is 0 Å². The zero-order chi connectivity index (χ0) is 35.3. The van der Waals surface area contributed by atoms with Crippen LogP contribution in [0.2, 0.25) is 0 Å². The van der Waals surface area contributed by atoms with Gasteiger partial charge in [-0.25, -0.2) is 11.0 Å². The summed E-state index contributed by atoms with van der Waals surface area (Å²) in [4.78, 5) is 51.6. The molecule has 0 radical (unpaired) electrons. The number of nitrogens with one attached hydrogen (secondary N) is 2. The van der Waals surface area contributed by atoms with E-state index >= 15 is 0 Å². The molecular weight excluding hydrogens is 632 g/mol. The summed E-state index contributed by atoms with van der Waals surface area (Å²) >= 11 is 0. The van der Waals surface area contributed by atoms with Gasteiger partial charge in [-0.15, -0.1) is 0 Å². The molecule has 2 saturated heterocycles. The lowest BCUT2D eigenvalue weighted by Gasteiger charge is -2.32. The minimum absolute atomic E-state index is 0.101. The van der Waals surface area contributed by atoms with E-state index in [1.165, 1.54) is 0 Å². The zero-order valence-corrected chi connectivity index (χ0v) is 28.6. The van der Waals surface area contributed by atoms with Gasteiger partial charge in [0.1, 0.15) is 0 Å². The molecular formula is C40H48N4O6. The first-order chi connectivity index (χ1) is 24.4. The van der Waals surface area contributed by atoms with E-state index in [1.807, 2.05) is 94.7 Å². The van der Waals surface area contributed by atoms with Crippen molar-refractivity contribution in [1.29, 1.82) is 0 Å². The summed E-state index contributed by atoms with van der Waals surface area (Å²) in [5, 5.41) is 21.3. The second-order valence-electron chi connectivity index (χ2n) is 13.4. The van der Waals surface area contributed by atoms with Gasteiger partial charge in [-0.1, -0.05) is 66.7 Å². The largest absolute Gasteiger partial charge is 0.339 e. The molecule has 10 heteroatoms. The van der Waals surface area contributed by atoms with Crippen LogP contribution in [0.1, 0.15) is 84.9 Å². The number of rotatable bonds is 10. The van der Waals surface area contributed by atoms with E-state index in [0.29, 0.717) is 24.7 Å². The highest BCUT2D eigenvalue weighted by Gasteiger charge is 2.25. The minimum atomic E-state index is -0.330. The Kier molecular flexibility index (Phi) is 13.3. The maximum absolute atomic E-state index is 12.9. The Hall–Kier alpha value is -4.80. The number of amides is 4. The van der Waals surface area contributed by atoms with Crippen LogP contribution >= 0.6 is 0 Å². The van der Waals surface area contributed by atoms with Crippen molar-refractivity contribution < 1.29 is 29.6 Å². The second kappa shape index (κ2) is 18.3. The summed E-state index contributed by atoms with van der Waals surface area (Å²) in [5.74, 6) is 0.640. The van der Waals surface area contributed by atoms with Gasteiger partial charge in [0.25, 0.3) is 11.8 Å². The highest BCUT2D eigenvalue weighted by molar-refractivity contribution is 6.07. The molecule has 0 aliphatic carbocycles. The smallest absolute Gasteiger partial charge is 0.254 e. The van der Waals surface area contributed by atoms with E-state index in [2.05, 4.69) is 0 Å². The maximum Gasteiger partial charge on any atom is 0.254 e. The lowest BCUT2D eigenvalue weighted by atomic mass is 9.91. The van der Waals surface area contributed by atoms with Crippen LogP contribution in [0.3, 0.4) is 0 Å². The fourth-order valence-corrected chi connectivity index (χ4v) is 7.15. The van der Waals surface area contributed by atoms with Crippen molar-refractivity contribution in [3.63, 3.8) is 0 Å². The second-order valence-corrected chi connectivity index (χ2v) is 13.4. The Morgan fingerprint density at radius 3 is 1.66 bits per heavy atom. The van der Waals surface area contributed by atoms with Crippen molar-refractivity contribution in [1.82, 2.24) is 20.8 Å². The number of fused-ring (bicyclic) bond motifs is 2. The van der Waals surface area contributed by atoms with E-state index in [9.17, 15) is 19.2 Å². The van der Waals surface area contributed by atoms with Crippen molar-refractivity contribution >= 4 is 45.2 Å². The first-order valence-corrected chi connectivity index (χ1v) is 17.8. The van der Waals surface area contributed by atoms with Crippen LogP contribution in [0, 0.1) is 11.8 Å². The molecule has 4 aromatic carbocycles. The number of hydroxylamine groups is 2. The highest BCUT2D eigenvalue weighted by atomic mass is 16.5. The van der Waals surface area contributed by atoms with Crippen LogP contribution in [0.4, 0.5) is 0 Å². The average molecular weight is 681 g/mol. The third-order valence-corrected chi connectivity index (χ3v) is 10.1. The van der Waals surface area contributed by atoms with E-state index in [1.54, 1.807) is 11.0 Å². The molecule has 10 nitrogen and oxygen atoms in total. The summed E-state index contributed by atoms with van der Waals surface area (Å²) in [6.45, 7) is 3.06. The summed E-state index contributed by atoms with van der Waals surface area (Å²) in [7, 11) is 0. The van der Waals surface area contributed by atoms with Crippen molar-refractivity contribution in [2.75, 3.05) is 26.2 Å². The number of nitrogens with zero attached hydrogens (tertiary/aromatic N) is 2. The first-order valence-electron chi connectivity index (χ1n) is 17.8. The number of hydrogen-bond donors (Lipinski definition) is 4. The van der Waals surface area contributed by atoms with Gasteiger partial charge in [0.05, 0.1) is 0 Å². The molecule has 0 aromatic heterocycles. The number of carbonyl (C=O) groups excluding carboxylic acids is 4. The lowest BCUT2D eigenvalue weighted by Crippen LogP contribution is -2.38. The molecule has 50 heavy (non-hydrogen) atoms. The monoisotopic (exact) mass is 680 g/mol. The fourth-order valence-electron chi connectivity index (χ4n) is 7.15. The number of piperidine rings is 2. The highest BCUT2D eigenvalue weighted by Crippen LogP contribution is 2.27. The number of hydrogen-bond acceptors (Lipinski definition) is 6. The van der Waals surface area contributed by atoms with Gasteiger partial charge in [0.2, 0.25) is 11.8 Å². The van der Waals surface area contributed by atoms with Crippen molar-refractivity contribution in [2.45, 2.75) is 64.2 Å². The standard InChI is InChI=1S/2C20H24N2O3/c23-19(21-25)10-3-5-15-11-13-22(14-12-15)20(24)18-9-4-7-16-6-1-2-8-17(16)18;23-19(21-25)7-3-4-15-10-12-22(13-11-15)20(24)18-9-8-16-5-1-2-6-17(16)14-18/h1-2,4,6-9,15,25H,3,5,10-14H2,(H,21,23);1-2,5-6,8-9,14-15,25H,3-4,7,10-13H2,(H,21,23). The predicted octanol–water partition coefficient (Wildman–Crippen LogP) is 6.74. The van der Waals surface area contributed by atoms with Gasteiger partial charge in [0.15, 0.2) is 0 Å². The normalized spacial score (nSPS) is 15.3. The van der Waals surface area contributed by atoms with Gasteiger partial charge in [0, 0.05) is 50.1 Å². The Balaban J connectivity index is 0.000000194. The number of carbonyl (C=O) groups is 4. The molecule has 0 atom stereocenters. The lowest BCUT2D eigenvalue weighted by molar-refractivity contribution is -0.130. The molecule has 4 amide bonds. The Morgan fingerprint density at radius 2 is 1.08 bits per heavy atom. The van der Waals surface area contributed by atoms with E-state index < -0.39 is 0 Å². The molecule has 4 aromatic rings. The topological polar surface area (TPSA) is 139 Å². The van der Waals surface area contributed by atoms with E-state index in [4.69, 9.17) is 10.4 Å². The number of benzene rings is 4. The van der Waals surface area contributed by atoms with Gasteiger partial charge in [-0.05, 0) is 103 Å². The Labute approximate surface area is 293 Å². The summed E-state index contributed by atoms with van der Waals surface area (Å²) < 4.78 is 0. The Bertz CT molecular complexity index is 1750. The van der Waals surface area contributed by atoms with Crippen LogP contribution in [0.25, 0.3) is 21.5 Å². The maximum atomic E-state index is 12.9. The molecule has 264 valence electrons. The van der Waals surface area contributed by atoms with Crippen molar-refractivity contribution in [2.24, 2.45) is 11.8 Å². The van der Waals surface area contributed by atoms with Crippen molar-refractivity contribution in [3.8, 4) is 0 Å². The van der Waals surface area contributed by atoms with Gasteiger partial charge >= 0.3 is 0 Å². The summed E-state index contributed by atoms with van der Waals surface area (Å²) in [6.07, 6.45) is 8.06. The van der Waals surface area contributed by atoms with Gasteiger partial charge in [-0.2, -0.15) is 0 Å². The quantitative estimate of drug-likeness (QED) is 0.108. The van der Waals surface area contributed by atoms with Gasteiger partial charge in [-0.3, -0.25) is 29.6 Å². The zero-order valence-electron chi connectivity index (χ0n) is 28.6. The Morgan fingerprint density at radius 1 is 0.580 bits per heavy atom. The SMILES string of the molecule is O=C(CCCC1CCN(C(=O)c2ccc3ccccc3c2)CC1)NO.O=C(CCCC1CCN(C(=O)c2cccc3ccccc23)CC1)NO. The molecule has 0 spiro atoms.